The summed E-state index contributed by atoms with van der Waals surface area (Å²) in [6.45, 7) is 7.72. The maximum absolute atomic E-state index is 12.7. The van der Waals surface area contributed by atoms with Gasteiger partial charge in [-0.2, -0.15) is 0 Å². The number of benzene rings is 1. The largest absolute Gasteiger partial charge is 0.486 e. The van der Waals surface area contributed by atoms with E-state index in [0.29, 0.717) is 55.2 Å². The fraction of sp³-hybridized carbons (Fsp3) is 0.619. The number of likely N-dealkylation sites (N-methyl/N-ethyl adjacent to an activating group) is 1. The minimum absolute atomic E-state index is 0. The number of fused-ring (bicyclic) bond motifs is 1. The summed E-state index contributed by atoms with van der Waals surface area (Å²) in [7, 11) is 0. The van der Waals surface area contributed by atoms with Gasteiger partial charge in [0, 0.05) is 24.7 Å². The molecule has 7 nitrogen and oxygen atoms in total. The fourth-order valence-electron chi connectivity index (χ4n) is 3.86. The van der Waals surface area contributed by atoms with Crippen molar-refractivity contribution in [1.82, 2.24) is 10.2 Å². The highest BCUT2D eigenvalue weighted by Crippen LogP contribution is 2.32. The van der Waals surface area contributed by atoms with Gasteiger partial charge in [0.2, 0.25) is 11.8 Å². The van der Waals surface area contributed by atoms with Crippen LogP contribution in [-0.4, -0.2) is 56.1 Å². The summed E-state index contributed by atoms with van der Waals surface area (Å²) < 4.78 is 11.0. The molecular weight excluding hydrogens is 394 g/mol. The molecule has 1 aromatic carbocycles. The lowest BCUT2D eigenvalue weighted by molar-refractivity contribution is -0.135. The average Bonchev–Trinajstić information content (AvgIpc) is 2.72. The van der Waals surface area contributed by atoms with Crippen LogP contribution in [0.25, 0.3) is 0 Å². The van der Waals surface area contributed by atoms with Crippen molar-refractivity contribution in [3.8, 4) is 11.5 Å². The molecule has 0 spiro atoms. The lowest BCUT2D eigenvalue weighted by Gasteiger charge is -2.29. The van der Waals surface area contributed by atoms with Gasteiger partial charge in [0.1, 0.15) is 13.2 Å². The summed E-state index contributed by atoms with van der Waals surface area (Å²) in [5, 5.41) is 6.21. The summed E-state index contributed by atoms with van der Waals surface area (Å²) >= 11 is 0. The van der Waals surface area contributed by atoms with Crippen molar-refractivity contribution in [3.05, 3.63) is 18.2 Å². The molecule has 0 aromatic heterocycles. The van der Waals surface area contributed by atoms with Crippen molar-refractivity contribution in [2.75, 3.05) is 44.7 Å². The highest BCUT2D eigenvalue weighted by molar-refractivity contribution is 5.94. The Hall–Kier alpha value is -1.99. The molecule has 0 bridgehead atoms. The quantitative estimate of drug-likeness (QED) is 0.702. The minimum Gasteiger partial charge on any atom is -0.486 e. The number of hydrogen-bond donors (Lipinski definition) is 2. The van der Waals surface area contributed by atoms with Gasteiger partial charge in [-0.15, -0.1) is 12.4 Å². The Morgan fingerprint density at radius 2 is 1.90 bits per heavy atom. The number of anilines is 1. The summed E-state index contributed by atoms with van der Waals surface area (Å²) in [6.07, 6.45) is 2.73. The second-order valence-electron chi connectivity index (χ2n) is 7.58. The van der Waals surface area contributed by atoms with E-state index >= 15 is 0 Å². The second-order valence-corrected chi connectivity index (χ2v) is 7.58. The molecule has 1 aromatic rings. The van der Waals surface area contributed by atoms with Crippen molar-refractivity contribution in [2.45, 2.75) is 33.1 Å². The number of hydrogen-bond acceptors (Lipinski definition) is 5. The first-order valence-corrected chi connectivity index (χ1v) is 10.2. The number of piperidine rings is 1. The third-order valence-electron chi connectivity index (χ3n) is 5.58. The van der Waals surface area contributed by atoms with Crippen LogP contribution in [0.2, 0.25) is 0 Å². The predicted molar refractivity (Wildman–Crippen MR) is 115 cm³/mol. The first-order valence-electron chi connectivity index (χ1n) is 10.2. The van der Waals surface area contributed by atoms with E-state index in [0.717, 1.165) is 25.9 Å². The molecular formula is C21H32ClN3O4. The van der Waals surface area contributed by atoms with Crippen molar-refractivity contribution < 1.29 is 19.1 Å². The van der Waals surface area contributed by atoms with Crippen LogP contribution in [0, 0.1) is 11.8 Å². The van der Waals surface area contributed by atoms with Crippen molar-refractivity contribution in [3.63, 3.8) is 0 Å². The summed E-state index contributed by atoms with van der Waals surface area (Å²) in [5.41, 5.74) is 0.640. The number of carbonyl (C=O) groups is 2. The third kappa shape index (κ3) is 6.51. The number of nitrogens with one attached hydrogen (secondary N) is 2. The maximum Gasteiger partial charge on any atom is 0.243 e. The Kier molecular flexibility index (Phi) is 9.04. The number of nitrogens with zero attached hydrogens (tertiary/aromatic N) is 1. The molecule has 0 saturated carbocycles. The molecule has 2 N–H and O–H groups in total. The number of ether oxygens (including phenoxy) is 2. The minimum atomic E-state index is -0.207. The topological polar surface area (TPSA) is 79.9 Å². The lowest BCUT2D eigenvalue weighted by atomic mass is 9.84. The summed E-state index contributed by atoms with van der Waals surface area (Å²) in [6, 6.07) is 5.32. The average molecular weight is 426 g/mol. The molecule has 1 unspecified atom stereocenters. The van der Waals surface area contributed by atoms with E-state index < -0.39 is 0 Å². The van der Waals surface area contributed by atoms with Gasteiger partial charge in [0.15, 0.2) is 11.5 Å². The molecule has 1 atom stereocenters. The standard InChI is InChI=1S/C21H31N3O4.ClH/c1-3-24(21(26)12-15(2)16-6-8-22-9-7-16)14-20(25)23-17-4-5-18-19(13-17)28-11-10-27-18;/h4-5,13,15-16,22H,3,6-12,14H2,1-2H3,(H,23,25);1H. The smallest absolute Gasteiger partial charge is 0.243 e. The van der Waals surface area contributed by atoms with E-state index in [4.69, 9.17) is 9.47 Å². The van der Waals surface area contributed by atoms with Crippen molar-refractivity contribution in [1.29, 1.82) is 0 Å². The van der Waals surface area contributed by atoms with Gasteiger partial charge in [-0.25, -0.2) is 0 Å². The van der Waals surface area contributed by atoms with Gasteiger partial charge < -0.3 is 25.0 Å². The Morgan fingerprint density at radius 3 is 2.59 bits per heavy atom. The lowest BCUT2D eigenvalue weighted by Crippen LogP contribution is -2.39. The van der Waals surface area contributed by atoms with Crippen LogP contribution < -0.4 is 20.1 Å². The van der Waals surface area contributed by atoms with Gasteiger partial charge in [-0.05, 0) is 56.8 Å². The number of amides is 2. The van der Waals surface area contributed by atoms with Gasteiger partial charge in [-0.3, -0.25) is 9.59 Å². The third-order valence-corrected chi connectivity index (χ3v) is 5.58. The molecule has 2 amide bonds. The van der Waals surface area contributed by atoms with Crippen LogP contribution in [0.1, 0.15) is 33.1 Å². The van der Waals surface area contributed by atoms with E-state index in [1.165, 1.54) is 0 Å². The summed E-state index contributed by atoms with van der Waals surface area (Å²) in [4.78, 5) is 26.8. The molecule has 3 rings (SSSR count). The van der Waals surface area contributed by atoms with Gasteiger partial charge in [-0.1, -0.05) is 6.92 Å². The van der Waals surface area contributed by atoms with E-state index in [-0.39, 0.29) is 30.8 Å². The Morgan fingerprint density at radius 1 is 1.21 bits per heavy atom. The predicted octanol–water partition coefficient (Wildman–Crippen LogP) is 2.69. The molecule has 29 heavy (non-hydrogen) atoms. The Bertz CT molecular complexity index is 695. The molecule has 2 aliphatic rings. The number of halogens is 1. The van der Waals surface area contributed by atoms with E-state index in [2.05, 4.69) is 17.6 Å². The molecule has 0 aliphatic carbocycles. The summed E-state index contributed by atoms with van der Waals surface area (Å²) in [5.74, 6) is 2.07. The highest BCUT2D eigenvalue weighted by Gasteiger charge is 2.25. The molecule has 2 heterocycles. The molecule has 2 aliphatic heterocycles. The molecule has 8 heteroatoms. The van der Waals surface area contributed by atoms with Crippen LogP contribution in [0.5, 0.6) is 11.5 Å². The van der Waals surface area contributed by atoms with Gasteiger partial charge >= 0.3 is 0 Å². The highest BCUT2D eigenvalue weighted by atomic mass is 35.5. The van der Waals surface area contributed by atoms with Gasteiger partial charge in [0.25, 0.3) is 0 Å². The van der Waals surface area contributed by atoms with Crippen LogP contribution in [-0.2, 0) is 9.59 Å². The first kappa shape index (κ1) is 23.3. The van der Waals surface area contributed by atoms with Crippen LogP contribution >= 0.6 is 12.4 Å². The number of rotatable bonds is 7. The Balaban J connectivity index is 0.00000300. The Labute approximate surface area is 178 Å². The monoisotopic (exact) mass is 425 g/mol. The fourth-order valence-corrected chi connectivity index (χ4v) is 3.86. The normalized spacial score (nSPS) is 17.0. The zero-order chi connectivity index (χ0) is 19.9. The second kappa shape index (κ2) is 11.3. The van der Waals surface area contributed by atoms with Crippen LogP contribution in [0.15, 0.2) is 18.2 Å². The zero-order valence-electron chi connectivity index (χ0n) is 17.2. The molecule has 1 saturated heterocycles. The molecule has 162 valence electrons. The van der Waals surface area contributed by atoms with Crippen molar-refractivity contribution >= 4 is 29.9 Å². The molecule has 1 fully saturated rings. The van der Waals surface area contributed by atoms with Gasteiger partial charge in [0.05, 0.1) is 6.54 Å². The van der Waals surface area contributed by atoms with Crippen molar-refractivity contribution in [2.24, 2.45) is 11.8 Å². The van der Waals surface area contributed by atoms with E-state index in [9.17, 15) is 9.59 Å². The first-order chi connectivity index (χ1) is 13.6. The van der Waals surface area contributed by atoms with Crippen LogP contribution in [0.4, 0.5) is 5.69 Å². The number of carbonyl (C=O) groups excluding carboxylic acids is 2. The van der Waals surface area contributed by atoms with Crippen LogP contribution in [0.3, 0.4) is 0 Å². The molecule has 0 radical (unpaired) electrons. The van der Waals surface area contributed by atoms with E-state index in [1.807, 2.05) is 6.92 Å². The SMILES string of the molecule is CCN(CC(=O)Nc1ccc2c(c1)OCCO2)C(=O)CC(C)C1CCNCC1.Cl. The van der Waals surface area contributed by atoms with E-state index in [1.54, 1.807) is 23.1 Å². The zero-order valence-corrected chi connectivity index (χ0v) is 18.1. The maximum atomic E-state index is 12.7.